The van der Waals surface area contributed by atoms with E-state index in [1.165, 1.54) is 43.2 Å². The molecule has 27 heavy (non-hydrogen) atoms. The van der Waals surface area contributed by atoms with Crippen LogP contribution < -0.4 is 0 Å². The third-order valence-electron chi connectivity index (χ3n) is 4.36. The lowest BCUT2D eigenvalue weighted by Gasteiger charge is -2.38. The van der Waals surface area contributed by atoms with Gasteiger partial charge in [0, 0.05) is 17.9 Å². The normalized spacial score (nSPS) is 14.9. The average Bonchev–Trinajstić information content (AvgIpc) is 2.72. The van der Waals surface area contributed by atoms with Gasteiger partial charge in [-0.25, -0.2) is 8.42 Å². The first-order chi connectivity index (χ1) is 12.9. The predicted molar refractivity (Wildman–Crippen MR) is 120 cm³/mol. The van der Waals surface area contributed by atoms with E-state index in [1.54, 1.807) is 0 Å². The first kappa shape index (κ1) is 25.4. The quantitative estimate of drug-likeness (QED) is 0.575. The summed E-state index contributed by atoms with van der Waals surface area (Å²) in [6.07, 6.45) is 9.00. The molecule has 2 nitrogen and oxygen atoms in total. The van der Waals surface area contributed by atoms with Crippen molar-refractivity contribution in [2.75, 3.05) is 12.5 Å². The zero-order valence-electron chi connectivity index (χ0n) is 18.0. The van der Waals surface area contributed by atoms with Crippen molar-refractivity contribution in [3.63, 3.8) is 0 Å². The number of sulfone groups is 1. The summed E-state index contributed by atoms with van der Waals surface area (Å²) in [5.74, 6) is 0. The molecule has 152 valence electrons. The molecule has 3 heteroatoms. The molecule has 0 aromatic heterocycles. The molecule has 0 unspecified atom stereocenters. The predicted octanol–water partition coefficient (Wildman–Crippen LogP) is 6.65. The second-order valence-corrected chi connectivity index (χ2v) is 8.80. The summed E-state index contributed by atoms with van der Waals surface area (Å²) in [4.78, 5) is 0. The molecule has 2 aromatic carbocycles. The molecular weight excluding hydrogens is 352 g/mol. The van der Waals surface area contributed by atoms with Gasteiger partial charge in [-0.2, -0.15) is 0 Å². The fraction of sp³-hybridized carbons (Fsp3) is 0.500. The Hall–Kier alpha value is -1.61. The van der Waals surface area contributed by atoms with Crippen LogP contribution in [0, 0.1) is 0 Å². The molecule has 0 heterocycles. The van der Waals surface area contributed by atoms with Gasteiger partial charge in [0.25, 0.3) is 0 Å². The summed E-state index contributed by atoms with van der Waals surface area (Å²) in [6, 6.07) is 22.1. The van der Waals surface area contributed by atoms with Crippen LogP contribution in [-0.2, 0) is 15.3 Å². The Balaban J connectivity index is 0.000000646. The molecule has 0 N–H and O–H groups in total. The van der Waals surface area contributed by atoms with Crippen molar-refractivity contribution in [3.8, 4) is 0 Å². The molecule has 1 aliphatic carbocycles. The smallest absolute Gasteiger partial charge is 0.144 e. The van der Waals surface area contributed by atoms with E-state index in [-0.39, 0.29) is 5.41 Å². The van der Waals surface area contributed by atoms with Gasteiger partial charge in [-0.15, -0.1) is 0 Å². The maximum Gasteiger partial charge on any atom is 0.144 e. The minimum Gasteiger partial charge on any atom is -0.229 e. The van der Waals surface area contributed by atoms with Gasteiger partial charge in [-0.1, -0.05) is 108 Å². The van der Waals surface area contributed by atoms with Crippen molar-refractivity contribution in [1.29, 1.82) is 0 Å². The molecule has 0 atom stereocenters. The lowest BCUT2D eigenvalue weighted by molar-refractivity contribution is 0.346. The van der Waals surface area contributed by atoms with Crippen molar-refractivity contribution in [3.05, 3.63) is 71.8 Å². The molecule has 0 bridgehead atoms. The van der Waals surface area contributed by atoms with Crippen molar-refractivity contribution in [1.82, 2.24) is 0 Å². The van der Waals surface area contributed by atoms with Crippen LogP contribution in [0.15, 0.2) is 60.7 Å². The summed E-state index contributed by atoms with van der Waals surface area (Å²) in [5.41, 5.74) is 3.26. The molecule has 0 aliphatic heterocycles. The highest BCUT2D eigenvalue weighted by molar-refractivity contribution is 7.89. The fourth-order valence-electron chi connectivity index (χ4n) is 3.41. The first-order valence-corrected chi connectivity index (χ1v) is 12.5. The van der Waals surface area contributed by atoms with Gasteiger partial charge in [0.2, 0.25) is 0 Å². The molecular formula is C24H38O2S. The van der Waals surface area contributed by atoms with Crippen molar-refractivity contribution < 1.29 is 8.42 Å². The maximum atomic E-state index is 9.63. The highest BCUT2D eigenvalue weighted by Crippen LogP contribution is 2.44. The largest absolute Gasteiger partial charge is 0.229 e. The minimum absolute atomic E-state index is 0.265. The van der Waals surface area contributed by atoms with Gasteiger partial charge < -0.3 is 0 Å². The molecule has 1 saturated carbocycles. The van der Waals surface area contributed by atoms with Crippen LogP contribution in [0.3, 0.4) is 0 Å². The Morgan fingerprint density at radius 1 is 0.630 bits per heavy atom. The molecule has 3 rings (SSSR count). The van der Waals surface area contributed by atoms with Crippen LogP contribution in [0.5, 0.6) is 0 Å². The van der Waals surface area contributed by atoms with Crippen molar-refractivity contribution >= 4 is 9.84 Å². The molecule has 1 aliphatic rings. The van der Waals surface area contributed by atoms with Crippen LogP contribution in [0.4, 0.5) is 0 Å². The average molecular weight is 391 g/mol. The molecule has 2 aromatic rings. The second kappa shape index (κ2) is 13.5. The zero-order valence-corrected chi connectivity index (χ0v) is 18.9. The van der Waals surface area contributed by atoms with Crippen molar-refractivity contribution in [2.45, 2.75) is 65.2 Å². The van der Waals surface area contributed by atoms with Gasteiger partial charge in [0.1, 0.15) is 9.84 Å². The summed E-state index contributed by atoms with van der Waals surface area (Å²) in [5, 5.41) is 0. The lowest BCUT2D eigenvalue weighted by Crippen LogP contribution is -2.30. The SMILES string of the molecule is CC.CC.CS(C)(=O)=O.c1ccc(C2(c3ccccc3)CCCCC2)cc1. The highest BCUT2D eigenvalue weighted by atomic mass is 32.2. The molecule has 0 spiro atoms. The summed E-state index contributed by atoms with van der Waals surface area (Å²) >= 11 is 0. The van der Waals surface area contributed by atoms with E-state index >= 15 is 0 Å². The van der Waals surface area contributed by atoms with Gasteiger partial charge in [0.05, 0.1) is 0 Å². The minimum atomic E-state index is -2.67. The number of hydrogen-bond acceptors (Lipinski definition) is 2. The van der Waals surface area contributed by atoms with Gasteiger partial charge in [0.15, 0.2) is 0 Å². The van der Waals surface area contributed by atoms with E-state index in [1.807, 2.05) is 27.7 Å². The summed E-state index contributed by atoms with van der Waals surface area (Å²) in [6.45, 7) is 8.00. The van der Waals surface area contributed by atoms with E-state index in [2.05, 4.69) is 60.7 Å². The lowest BCUT2D eigenvalue weighted by atomic mass is 9.65. The Labute approximate surface area is 168 Å². The van der Waals surface area contributed by atoms with Crippen LogP contribution in [0.1, 0.15) is 70.9 Å². The molecule has 1 fully saturated rings. The fourth-order valence-corrected chi connectivity index (χ4v) is 3.41. The topological polar surface area (TPSA) is 34.1 Å². The standard InChI is InChI=1S/C18H20.C2H6O2S.2C2H6/c1-4-10-16(11-5-1)18(14-8-3-9-15-18)17-12-6-2-7-13-17;1-5(2,3)4;2*1-2/h1-2,4-7,10-13H,3,8-9,14-15H2;1-2H3;2*1-2H3. The van der Waals surface area contributed by atoms with Crippen molar-refractivity contribution in [2.24, 2.45) is 0 Å². The van der Waals surface area contributed by atoms with E-state index in [9.17, 15) is 8.42 Å². The van der Waals surface area contributed by atoms with Gasteiger partial charge >= 0.3 is 0 Å². The third-order valence-corrected chi connectivity index (χ3v) is 4.36. The van der Waals surface area contributed by atoms with Crippen LogP contribution >= 0.6 is 0 Å². The van der Waals surface area contributed by atoms with Gasteiger partial charge in [-0.05, 0) is 24.0 Å². The van der Waals surface area contributed by atoms with E-state index < -0.39 is 9.84 Å². The number of benzene rings is 2. The second-order valence-electron chi connectivity index (χ2n) is 6.52. The highest BCUT2D eigenvalue weighted by Gasteiger charge is 2.35. The van der Waals surface area contributed by atoms with E-state index in [0.717, 1.165) is 12.5 Å². The monoisotopic (exact) mass is 390 g/mol. The van der Waals surface area contributed by atoms with E-state index in [4.69, 9.17) is 0 Å². The molecule has 0 saturated heterocycles. The third kappa shape index (κ3) is 9.23. The summed E-state index contributed by atoms with van der Waals surface area (Å²) < 4.78 is 19.3. The Morgan fingerprint density at radius 3 is 1.22 bits per heavy atom. The van der Waals surface area contributed by atoms with Crippen LogP contribution in [0.2, 0.25) is 0 Å². The molecule has 0 amide bonds. The maximum absolute atomic E-state index is 9.63. The summed E-state index contributed by atoms with van der Waals surface area (Å²) in [7, 11) is -2.67. The number of rotatable bonds is 2. The van der Waals surface area contributed by atoms with E-state index in [0.29, 0.717) is 0 Å². The Bertz CT molecular complexity index is 636. The molecule has 0 radical (unpaired) electrons. The number of hydrogen-bond donors (Lipinski definition) is 0. The van der Waals surface area contributed by atoms with Crippen LogP contribution in [-0.4, -0.2) is 20.9 Å². The Kier molecular flexibility index (Phi) is 12.7. The Morgan fingerprint density at radius 2 is 0.926 bits per heavy atom. The van der Waals surface area contributed by atoms with Gasteiger partial charge in [-0.3, -0.25) is 0 Å². The zero-order chi connectivity index (χ0) is 20.8. The first-order valence-electron chi connectivity index (χ1n) is 10.2. The van der Waals surface area contributed by atoms with Crippen LogP contribution in [0.25, 0.3) is 0 Å².